The number of nitrogens with zero attached hydrogens (tertiary/aromatic N) is 2. The highest BCUT2D eigenvalue weighted by Crippen LogP contribution is 2.44. The fourth-order valence-electron chi connectivity index (χ4n) is 4.23. The average Bonchev–Trinajstić information content (AvgIpc) is 3.15. The SMILES string of the molecule is O=C([O-])CSCC(=O)N1N=C2/C(=C/c3ccccc3)CCC[C@@H]2[C@@H]1c1ccccc1. The maximum absolute atomic E-state index is 13.0. The molecule has 1 aliphatic carbocycles. The first-order chi connectivity index (χ1) is 14.6. The van der Waals surface area contributed by atoms with Crippen LogP contribution in [0.5, 0.6) is 0 Å². The van der Waals surface area contributed by atoms with Crippen LogP contribution in [0, 0.1) is 5.92 Å². The van der Waals surface area contributed by atoms with Gasteiger partial charge in [0, 0.05) is 11.7 Å². The number of allylic oxidation sites excluding steroid dienone is 1. The number of carbonyl (C=O) groups is 2. The molecule has 0 spiro atoms. The Kier molecular flexibility index (Phi) is 6.33. The van der Waals surface area contributed by atoms with E-state index in [9.17, 15) is 14.7 Å². The lowest BCUT2D eigenvalue weighted by Gasteiger charge is -2.29. The van der Waals surface area contributed by atoms with Gasteiger partial charge in [-0.1, -0.05) is 60.7 Å². The third kappa shape index (κ3) is 4.49. The molecule has 6 heteroatoms. The Morgan fingerprint density at radius 1 is 1.07 bits per heavy atom. The van der Waals surface area contributed by atoms with Gasteiger partial charge in [-0.25, -0.2) is 5.01 Å². The van der Waals surface area contributed by atoms with Crippen LogP contribution in [0.1, 0.15) is 36.4 Å². The molecule has 0 saturated heterocycles. The van der Waals surface area contributed by atoms with Gasteiger partial charge in [0.15, 0.2) is 0 Å². The van der Waals surface area contributed by atoms with Gasteiger partial charge in [0.1, 0.15) is 0 Å². The molecule has 2 aliphatic rings. The Labute approximate surface area is 180 Å². The van der Waals surface area contributed by atoms with Crippen LogP contribution in [-0.2, 0) is 9.59 Å². The number of benzene rings is 2. The Morgan fingerprint density at radius 3 is 2.47 bits per heavy atom. The van der Waals surface area contributed by atoms with Crippen molar-refractivity contribution in [3.05, 3.63) is 77.4 Å². The minimum Gasteiger partial charge on any atom is -0.549 e. The first kappa shape index (κ1) is 20.4. The molecule has 154 valence electrons. The number of carboxylic acids is 1. The van der Waals surface area contributed by atoms with Crippen molar-refractivity contribution in [1.29, 1.82) is 0 Å². The number of hydrogen-bond donors (Lipinski definition) is 0. The molecule has 1 heterocycles. The smallest absolute Gasteiger partial charge is 0.253 e. The maximum atomic E-state index is 13.0. The fourth-order valence-corrected chi connectivity index (χ4v) is 4.80. The normalized spacial score (nSPS) is 21.9. The molecular weight excluding hydrogens is 396 g/mol. The molecule has 30 heavy (non-hydrogen) atoms. The van der Waals surface area contributed by atoms with Gasteiger partial charge in [0.2, 0.25) is 0 Å². The fraction of sp³-hybridized carbons (Fsp3) is 0.292. The number of hydrogen-bond acceptors (Lipinski definition) is 5. The molecule has 1 aliphatic heterocycles. The number of carbonyl (C=O) groups excluding carboxylic acids is 2. The molecule has 2 aromatic carbocycles. The van der Waals surface area contributed by atoms with E-state index >= 15 is 0 Å². The lowest BCUT2D eigenvalue weighted by molar-refractivity contribution is -0.301. The molecule has 5 nitrogen and oxygen atoms in total. The number of thioether (sulfide) groups is 1. The Bertz CT molecular complexity index is 972. The van der Waals surface area contributed by atoms with E-state index in [0.717, 1.165) is 47.9 Å². The molecule has 1 fully saturated rings. The third-order valence-corrected chi connectivity index (χ3v) is 6.37. The van der Waals surface area contributed by atoms with Crippen molar-refractivity contribution < 1.29 is 14.7 Å². The zero-order chi connectivity index (χ0) is 20.9. The Morgan fingerprint density at radius 2 is 1.77 bits per heavy atom. The molecule has 2 aromatic rings. The summed E-state index contributed by atoms with van der Waals surface area (Å²) in [7, 11) is 0. The van der Waals surface area contributed by atoms with Crippen LogP contribution < -0.4 is 5.11 Å². The predicted molar refractivity (Wildman–Crippen MR) is 118 cm³/mol. The number of aliphatic carboxylic acids is 1. The van der Waals surface area contributed by atoms with Crippen molar-refractivity contribution in [1.82, 2.24) is 5.01 Å². The molecule has 0 aromatic heterocycles. The molecule has 4 rings (SSSR count). The largest absolute Gasteiger partial charge is 0.549 e. The number of fused-ring (bicyclic) bond motifs is 1. The van der Waals surface area contributed by atoms with E-state index in [4.69, 9.17) is 5.10 Å². The first-order valence-electron chi connectivity index (χ1n) is 10.1. The summed E-state index contributed by atoms with van der Waals surface area (Å²) in [6.07, 6.45) is 5.13. The number of carboxylic acid groups (broad SMARTS) is 1. The van der Waals surface area contributed by atoms with Crippen LogP contribution in [0.2, 0.25) is 0 Å². The molecule has 0 radical (unpaired) electrons. The summed E-state index contributed by atoms with van der Waals surface area (Å²) < 4.78 is 0. The van der Waals surface area contributed by atoms with Gasteiger partial charge in [-0.05, 0) is 42.0 Å². The first-order valence-corrected chi connectivity index (χ1v) is 11.3. The lowest BCUT2D eigenvalue weighted by Crippen LogP contribution is -2.33. The zero-order valence-electron chi connectivity index (χ0n) is 16.6. The van der Waals surface area contributed by atoms with Crippen LogP contribution >= 0.6 is 11.8 Å². The van der Waals surface area contributed by atoms with E-state index in [1.165, 1.54) is 5.57 Å². The zero-order valence-corrected chi connectivity index (χ0v) is 17.4. The monoisotopic (exact) mass is 419 g/mol. The minimum atomic E-state index is -1.16. The average molecular weight is 420 g/mol. The second-order valence-electron chi connectivity index (χ2n) is 7.52. The predicted octanol–water partition coefficient (Wildman–Crippen LogP) is 3.29. The second-order valence-corrected chi connectivity index (χ2v) is 8.51. The van der Waals surface area contributed by atoms with Gasteiger partial charge in [0.05, 0.1) is 23.5 Å². The topological polar surface area (TPSA) is 72.8 Å². The summed E-state index contributed by atoms with van der Waals surface area (Å²) in [5.74, 6) is -1.32. The highest BCUT2D eigenvalue weighted by Gasteiger charge is 2.43. The van der Waals surface area contributed by atoms with E-state index in [2.05, 4.69) is 18.2 Å². The second kappa shape index (κ2) is 9.30. The maximum Gasteiger partial charge on any atom is 0.253 e. The van der Waals surface area contributed by atoms with Gasteiger partial charge in [0.25, 0.3) is 5.91 Å². The third-order valence-electron chi connectivity index (χ3n) is 5.48. The van der Waals surface area contributed by atoms with Crippen molar-refractivity contribution in [3.63, 3.8) is 0 Å². The van der Waals surface area contributed by atoms with E-state index in [1.54, 1.807) is 5.01 Å². The van der Waals surface area contributed by atoms with Crippen LogP contribution in [0.3, 0.4) is 0 Å². The number of amides is 1. The van der Waals surface area contributed by atoms with Crippen molar-refractivity contribution in [2.24, 2.45) is 11.0 Å². The van der Waals surface area contributed by atoms with Crippen LogP contribution in [0.25, 0.3) is 6.08 Å². The summed E-state index contributed by atoms with van der Waals surface area (Å²) in [6, 6.07) is 20.0. The molecule has 0 bridgehead atoms. The van der Waals surface area contributed by atoms with Crippen LogP contribution in [0.15, 0.2) is 71.3 Å². The summed E-state index contributed by atoms with van der Waals surface area (Å²) in [5, 5.41) is 17.1. The summed E-state index contributed by atoms with van der Waals surface area (Å²) in [5.41, 5.74) is 4.34. The van der Waals surface area contributed by atoms with Crippen LogP contribution in [-0.4, -0.2) is 34.1 Å². The quantitative estimate of drug-likeness (QED) is 0.720. The number of rotatable bonds is 6. The highest BCUT2D eigenvalue weighted by atomic mass is 32.2. The molecule has 2 atom stereocenters. The van der Waals surface area contributed by atoms with E-state index < -0.39 is 5.97 Å². The lowest BCUT2D eigenvalue weighted by atomic mass is 9.77. The summed E-state index contributed by atoms with van der Waals surface area (Å²) in [4.78, 5) is 23.7. The van der Waals surface area contributed by atoms with Gasteiger partial charge in [-0.3, -0.25) is 4.79 Å². The Balaban J connectivity index is 1.66. The van der Waals surface area contributed by atoms with Gasteiger partial charge in [-0.15, -0.1) is 11.8 Å². The molecule has 1 saturated carbocycles. The standard InChI is InChI=1S/C24H24N2O3S/c27-21(15-30-16-22(28)29)26-24(18-10-5-2-6-11-18)20-13-7-12-19(23(20)25-26)14-17-8-3-1-4-9-17/h1-6,8-11,14,20,24H,7,12-13,15-16H2,(H,28,29)/p-1/b19-14+/t20-,24-/m0/s1. The van der Waals surface area contributed by atoms with Crippen molar-refractivity contribution >= 4 is 35.4 Å². The highest BCUT2D eigenvalue weighted by molar-refractivity contribution is 8.00. The summed E-state index contributed by atoms with van der Waals surface area (Å²) >= 11 is 1.05. The van der Waals surface area contributed by atoms with E-state index in [-0.39, 0.29) is 29.4 Å². The van der Waals surface area contributed by atoms with Crippen molar-refractivity contribution in [2.75, 3.05) is 11.5 Å². The van der Waals surface area contributed by atoms with Gasteiger partial charge >= 0.3 is 0 Å². The Hall–Kier alpha value is -2.86. The molecule has 0 N–H and O–H groups in total. The van der Waals surface area contributed by atoms with E-state index in [1.807, 2.05) is 48.5 Å². The van der Waals surface area contributed by atoms with E-state index in [0.29, 0.717) is 0 Å². The van der Waals surface area contributed by atoms with Gasteiger partial charge < -0.3 is 9.90 Å². The summed E-state index contributed by atoms with van der Waals surface area (Å²) in [6.45, 7) is 0. The van der Waals surface area contributed by atoms with Crippen LogP contribution in [0.4, 0.5) is 0 Å². The minimum absolute atomic E-state index is 0.0680. The molecular formula is C24H23N2O3S-. The molecule has 0 unspecified atom stereocenters. The van der Waals surface area contributed by atoms with Gasteiger partial charge in [-0.2, -0.15) is 5.10 Å². The number of hydrazone groups is 1. The van der Waals surface area contributed by atoms with Crippen molar-refractivity contribution in [3.8, 4) is 0 Å². The van der Waals surface area contributed by atoms with Crippen molar-refractivity contribution in [2.45, 2.75) is 25.3 Å². The molecule has 1 amide bonds.